The van der Waals surface area contributed by atoms with Crippen molar-refractivity contribution in [1.29, 1.82) is 0 Å². The van der Waals surface area contributed by atoms with Gasteiger partial charge in [0.05, 0.1) is 5.39 Å². The quantitative estimate of drug-likeness (QED) is 0.723. The van der Waals surface area contributed by atoms with E-state index in [-0.39, 0.29) is 5.56 Å². The van der Waals surface area contributed by atoms with Crippen LogP contribution in [-0.2, 0) is 13.0 Å². The lowest BCUT2D eigenvalue weighted by Crippen LogP contribution is -2.23. The van der Waals surface area contributed by atoms with Gasteiger partial charge < -0.3 is 4.52 Å². The van der Waals surface area contributed by atoms with Gasteiger partial charge in [0.15, 0.2) is 10.7 Å². The van der Waals surface area contributed by atoms with Gasteiger partial charge in [0.2, 0.25) is 5.89 Å². The summed E-state index contributed by atoms with van der Waals surface area (Å²) in [6.07, 6.45) is 1.32. The first-order valence-corrected chi connectivity index (χ1v) is 7.08. The molecule has 0 unspecified atom stereocenters. The van der Waals surface area contributed by atoms with Gasteiger partial charge in [-0.3, -0.25) is 4.79 Å². The summed E-state index contributed by atoms with van der Waals surface area (Å²) >= 11 is 1.48. The fourth-order valence-electron chi connectivity index (χ4n) is 1.97. The highest BCUT2D eigenvalue weighted by atomic mass is 32.1. The normalized spacial score (nSPS) is 11.3. The minimum Gasteiger partial charge on any atom is -0.339 e. The molecule has 0 atom stereocenters. The van der Waals surface area contributed by atoms with Crippen LogP contribution < -0.4 is 5.56 Å². The molecule has 0 aliphatic carbocycles. The van der Waals surface area contributed by atoms with Crippen LogP contribution in [0, 0.1) is 13.8 Å². The molecule has 104 valence electrons. The maximum atomic E-state index is 12.2. The molecule has 0 saturated heterocycles. The number of aromatic nitrogens is 5. The average molecular weight is 291 g/mol. The van der Waals surface area contributed by atoms with Crippen LogP contribution >= 0.6 is 11.3 Å². The zero-order valence-electron chi connectivity index (χ0n) is 11.2. The van der Waals surface area contributed by atoms with Crippen molar-refractivity contribution in [3.63, 3.8) is 0 Å². The van der Waals surface area contributed by atoms with Crippen LogP contribution in [0.3, 0.4) is 0 Å². The van der Waals surface area contributed by atoms with Crippen molar-refractivity contribution in [3.8, 4) is 0 Å². The maximum absolute atomic E-state index is 12.2. The Labute approximate surface area is 118 Å². The van der Waals surface area contributed by atoms with E-state index in [0.717, 1.165) is 4.88 Å². The number of hydrogen-bond acceptors (Lipinski definition) is 7. The highest BCUT2D eigenvalue weighted by Crippen LogP contribution is 2.18. The third-order valence-corrected chi connectivity index (χ3v) is 3.81. The van der Waals surface area contributed by atoms with E-state index >= 15 is 0 Å². The van der Waals surface area contributed by atoms with Gasteiger partial charge in [-0.1, -0.05) is 10.4 Å². The SMILES string of the molecule is Cc1noc(CCCn2nnc3sc(C)cc3c2=O)n1. The largest absolute Gasteiger partial charge is 0.339 e. The minimum absolute atomic E-state index is 0.0962. The van der Waals surface area contributed by atoms with Crippen LogP contribution in [0.4, 0.5) is 0 Å². The monoisotopic (exact) mass is 291 g/mol. The van der Waals surface area contributed by atoms with E-state index in [9.17, 15) is 4.79 Å². The first-order chi connectivity index (χ1) is 9.63. The molecule has 20 heavy (non-hydrogen) atoms. The smallest absolute Gasteiger partial charge is 0.278 e. The number of nitrogens with zero attached hydrogens (tertiary/aromatic N) is 5. The van der Waals surface area contributed by atoms with Crippen LogP contribution in [0.1, 0.15) is 23.0 Å². The van der Waals surface area contributed by atoms with Crippen LogP contribution in [-0.4, -0.2) is 25.1 Å². The standard InChI is InChI=1S/C12H13N5O2S/c1-7-6-9-11(20-7)14-16-17(12(9)18)5-3-4-10-13-8(2)15-19-10/h6H,3-5H2,1-2H3. The first-order valence-electron chi connectivity index (χ1n) is 6.26. The van der Waals surface area contributed by atoms with Crippen LogP contribution in [0.2, 0.25) is 0 Å². The van der Waals surface area contributed by atoms with Crippen molar-refractivity contribution in [2.24, 2.45) is 0 Å². The topological polar surface area (TPSA) is 86.7 Å². The lowest BCUT2D eigenvalue weighted by Gasteiger charge is -2.01. The molecule has 0 aromatic carbocycles. The predicted octanol–water partition coefficient (Wildman–Crippen LogP) is 1.49. The summed E-state index contributed by atoms with van der Waals surface area (Å²) in [5.74, 6) is 1.20. The summed E-state index contributed by atoms with van der Waals surface area (Å²) in [5.41, 5.74) is -0.0962. The molecule has 8 heteroatoms. The Morgan fingerprint density at radius 3 is 3.00 bits per heavy atom. The van der Waals surface area contributed by atoms with E-state index in [4.69, 9.17) is 4.52 Å². The Bertz CT molecular complexity index is 804. The molecule has 0 aliphatic heterocycles. The fourth-order valence-corrected chi connectivity index (χ4v) is 2.79. The lowest BCUT2D eigenvalue weighted by molar-refractivity contribution is 0.366. The summed E-state index contributed by atoms with van der Waals surface area (Å²) < 4.78 is 6.41. The molecule has 3 aromatic heterocycles. The Kier molecular flexibility index (Phi) is 3.31. The minimum atomic E-state index is -0.0962. The summed E-state index contributed by atoms with van der Waals surface area (Å²) in [6, 6.07) is 1.86. The Morgan fingerprint density at radius 2 is 2.25 bits per heavy atom. The molecule has 3 aromatic rings. The van der Waals surface area contributed by atoms with Crippen LogP contribution in [0.25, 0.3) is 10.2 Å². The van der Waals surface area contributed by atoms with E-state index < -0.39 is 0 Å². The van der Waals surface area contributed by atoms with E-state index in [1.54, 1.807) is 6.92 Å². The van der Waals surface area contributed by atoms with Gasteiger partial charge in [0.25, 0.3) is 5.56 Å². The first kappa shape index (κ1) is 12.9. The van der Waals surface area contributed by atoms with E-state index in [1.807, 2.05) is 13.0 Å². The zero-order chi connectivity index (χ0) is 14.1. The molecular weight excluding hydrogens is 278 g/mol. The molecule has 0 N–H and O–H groups in total. The van der Waals surface area contributed by atoms with E-state index in [0.29, 0.717) is 41.3 Å². The summed E-state index contributed by atoms with van der Waals surface area (Å²) in [6.45, 7) is 4.21. The molecular formula is C12H13N5O2S. The second-order valence-electron chi connectivity index (χ2n) is 4.53. The number of fused-ring (bicyclic) bond motifs is 1. The van der Waals surface area contributed by atoms with Gasteiger partial charge in [0.1, 0.15) is 0 Å². The van der Waals surface area contributed by atoms with Gasteiger partial charge in [-0.25, -0.2) is 4.68 Å². The van der Waals surface area contributed by atoms with Gasteiger partial charge in [-0.2, -0.15) is 4.98 Å². The van der Waals surface area contributed by atoms with Crippen molar-refractivity contribution in [1.82, 2.24) is 25.1 Å². The highest BCUT2D eigenvalue weighted by molar-refractivity contribution is 7.18. The van der Waals surface area contributed by atoms with Crippen LogP contribution in [0.15, 0.2) is 15.4 Å². The fraction of sp³-hybridized carbons (Fsp3) is 0.417. The predicted molar refractivity (Wildman–Crippen MR) is 73.8 cm³/mol. The summed E-state index contributed by atoms with van der Waals surface area (Å²) in [5, 5.41) is 12.4. The number of rotatable bonds is 4. The zero-order valence-corrected chi connectivity index (χ0v) is 12.0. The van der Waals surface area contributed by atoms with E-state index in [1.165, 1.54) is 16.0 Å². The average Bonchev–Trinajstić information content (AvgIpc) is 2.98. The van der Waals surface area contributed by atoms with Crippen molar-refractivity contribution in [3.05, 3.63) is 33.0 Å². The maximum Gasteiger partial charge on any atom is 0.278 e. The third kappa shape index (κ3) is 2.46. The second-order valence-corrected chi connectivity index (χ2v) is 5.77. The molecule has 0 saturated carbocycles. The Balaban J connectivity index is 1.74. The summed E-state index contributed by atoms with van der Waals surface area (Å²) in [7, 11) is 0. The Hall–Kier alpha value is -2.09. The molecule has 3 heterocycles. The Morgan fingerprint density at radius 1 is 1.40 bits per heavy atom. The van der Waals surface area contributed by atoms with Crippen molar-refractivity contribution in [2.45, 2.75) is 33.2 Å². The van der Waals surface area contributed by atoms with Gasteiger partial charge >= 0.3 is 0 Å². The summed E-state index contributed by atoms with van der Waals surface area (Å²) in [4.78, 5) is 18.1. The number of thiophene rings is 1. The number of aryl methyl sites for hydroxylation is 4. The molecule has 0 fully saturated rings. The molecule has 0 radical (unpaired) electrons. The lowest BCUT2D eigenvalue weighted by atomic mass is 10.3. The molecule has 0 spiro atoms. The third-order valence-electron chi connectivity index (χ3n) is 2.87. The molecule has 7 nitrogen and oxygen atoms in total. The number of hydrogen-bond donors (Lipinski definition) is 0. The van der Waals surface area contributed by atoms with E-state index in [2.05, 4.69) is 20.5 Å². The van der Waals surface area contributed by atoms with Gasteiger partial charge in [-0.05, 0) is 26.3 Å². The van der Waals surface area contributed by atoms with Crippen LogP contribution in [0.5, 0.6) is 0 Å². The van der Waals surface area contributed by atoms with Crippen molar-refractivity contribution < 1.29 is 4.52 Å². The van der Waals surface area contributed by atoms with Gasteiger partial charge in [0, 0.05) is 17.8 Å². The molecule has 3 rings (SSSR count). The molecule has 0 aliphatic rings. The highest BCUT2D eigenvalue weighted by Gasteiger charge is 2.09. The van der Waals surface area contributed by atoms with Gasteiger partial charge in [-0.15, -0.1) is 16.4 Å². The molecule has 0 bridgehead atoms. The van der Waals surface area contributed by atoms with Crippen molar-refractivity contribution >= 4 is 21.6 Å². The van der Waals surface area contributed by atoms with Crippen molar-refractivity contribution in [2.75, 3.05) is 0 Å². The second kappa shape index (κ2) is 5.12. The molecule has 0 amide bonds.